The number of hydrogen-bond donors (Lipinski definition) is 2. The van der Waals surface area contributed by atoms with Crippen LogP contribution < -0.4 is 5.32 Å². The Kier molecular flexibility index (Phi) is 3.05. The third-order valence-electron chi connectivity index (χ3n) is 2.41. The molecule has 4 heteroatoms. The zero-order valence-corrected chi connectivity index (χ0v) is 9.34. The van der Waals surface area contributed by atoms with Crippen LogP contribution in [0.5, 0.6) is 0 Å². The van der Waals surface area contributed by atoms with Crippen molar-refractivity contribution in [2.45, 2.75) is 6.92 Å². The Hall–Kier alpha value is -2.36. The number of anilines is 2. The van der Waals surface area contributed by atoms with Crippen LogP contribution in [0.3, 0.4) is 0 Å². The molecule has 0 bridgehead atoms. The van der Waals surface area contributed by atoms with Crippen molar-refractivity contribution >= 4 is 17.3 Å². The minimum Gasteiger partial charge on any atom is -0.478 e. The molecule has 0 saturated heterocycles. The third-order valence-corrected chi connectivity index (χ3v) is 2.41. The Morgan fingerprint density at radius 3 is 2.71 bits per heavy atom. The zero-order valence-electron chi connectivity index (χ0n) is 9.34. The van der Waals surface area contributed by atoms with Crippen LogP contribution in [0.25, 0.3) is 0 Å². The van der Waals surface area contributed by atoms with Crippen LogP contribution in [0.1, 0.15) is 15.9 Å². The minimum atomic E-state index is -0.907. The Labute approximate surface area is 98.9 Å². The van der Waals surface area contributed by atoms with Gasteiger partial charge in [0.05, 0.1) is 17.4 Å². The number of aromatic carboxylic acids is 1. The Bertz CT molecular complexity index is 538. The number of carbonyl (C=O) groups is 1. The Morgan fingerprint density at radius 2 is 2.12 bits per heavy atom. The van der Waals surface area contributed by atoms with E-state index in [0.717, 1.165) is 16.9 Å². The molecule has 0 aliphatic carbocycles. The fourth-order valence-corrected chi connectivity index (χ4v) is 1.58. The molecule has 0 atom stereocenters. The van der Waals surface area contributed by atoms with E-state index in [1.165, 1.54) is 0 Å². The topological polar surface area (TPSA) is 62.2 Å². The smallest absolute Gasteiger partial charge is 0.335 e. The molecule has 17 heavy (non-hydrogen) atoms. The van der Waals surface area contributed by atoms with E-state index < -0.39 is 5.97 Å². The molecule has 86 valence electrons. The molecule has 0 fully saturated rings. The summed E-state index contributed by atoms with van der Waals surface area (Å²) in [4.78, 5) is 14.9. The molecule has 2 rings (SSSR count). The molecule has 1 aromatic heterocycles. The summed E-state index contributed by atoms with van der Waals surface area (Å²) < 4.78 is 0. The van der Waals surface area contributed by atoms with Crippen molar-refractivity contribution < 1.29 is 9.90 Å². The predicted molar refractivity (Wildman–Crippen MR) is 65.7 cm³/mol. The number of nitrogens with zero attached hydrogens (tertiary/aromatic N) is 1. The van der Waals surface area contributed by atoms with Gasteiger partial charge in [-0.15, -0.1) is 0 Å². The molecule has 2 aromatic rings. The number of aromatic nitrogens is 1. The van der Waals surface area contributed by atoms with Gasteiger partial charge in [0.2, 0.25) is 0 Å². The van der Waals surface area contributed by atoms with Crippen molar-refractivity contribution in [3.8, 4) is 0 Å². The summed E-state index contributed by atoms with van der Waals surface area (Å²) in [7, 11) is 0. The molecule has 0 aliphatic heterocycles. The molecular weight excluding hydrogens is 216 g/mol. The Balaban J connectivity index is 2.24. The second-order valence-electron chi connectivity index (χ2n) is 3.70. The van der Waals surface area contributed by atoms with E-state index in [1.807, 2.05) is 12.1 Å². The number of carboxylic acid groups (broad SMARTS) is 1. The molecular formula is C13H12N2O2. The maximum atomic E-state index is 10.9. The molecule has 1 aromatic carbocycles. The molecule has 0 spiro atoms. The van der Waals surface area contributed by atoms with Crippen LogP contribution in [-0.2, 0) is 0 Å². The lowest BCUT2D eigenvalue weighted by Gasteiger charge is -2.08. The van der Waals surface area contributed by atoms with Crippen molar-refractivity contribution in [2.24, 2.45) is 0 Å². The number of pyridine rings is 1. The lowest BCUT2D eigenvalue weighted by atomic mass is 10.1. The van der Waals surface area contributed by atoms with Gasteiger partial charge in [-0.1, -0.05) is 0 Å². The average molecular weight is 228 g/mol. The monoisotopic (exact) mass is 228 g/mol. The van der Waals surface area contributed by atoms with E-state index in [1.54, 1.807) is 37.5 Å². The van der Waals surface area contributed by atoms with Gasteiger partial charge in [0.15, 0.2) is 0 Å². The van der Waals surface area contributed by atoms with Gasteiger partial charge >= 0.3 is 5.97 Å². The van der Waals surface area contributed by atoms with Crippen molar-refractivity contribution in [1.82, 2.24) is 4.98 Å². The standard InChI is InChI=1S/C13H12N2O2/c1-9-7-10(4-5-12(9)13(16)17)15-11-3-2-6-14-8-11/h2-8,15H,1H3,(H,16,17). The van der Waals surface area contributed by atoms with E-state index in [-0.39, 0.29) is 0 Å². The van der Waals surface area contributed by atoms with Crippen molar-refractivity contribution in [1.29, 1.82) is 0 Å². The number of nitrogens with one attached hydrogen (secondary N) is 1. The summed E-state index contributed by atoms with van der Waals surface area (Å²) in [5, 5.41) is 12.1. The van der Waals surface area contributed by atoms with Gasteiger partial charge in [-0.3, -0.25) is 4.98 Å². The first-order valence-corrected chi connectivity index (χ1v) is 5.18. The van der Waals surface area contributed by atoms with E-state index in [2.05, 4.69) is 10.3 Å². The van der Waals surface area contributed by atoms with E-state index in [4.69, 9.17) is 5.11 Å². The summed E-state index contributed by atoms with van der Waals surface area (Å²) in [6.07, 6.45) is 3.41. The molecule has 4 nitrogen and oxygen atoms in total. The van der Waals surface area contributed by atoms with Crippen LogP contribution in [0.15, 0.2) is 42.7 Å². The second kappa shape index (κ2) is 4.65. The highest BCUT2D eigenvalue weighted by atomic mass is 16.4. The Morgan fingerprint density at radius 1 is 1.29 bits per heavy atom. The van der Waals surface area contributed by atoms with Crippen molar-refractivity contribution in [2.75, 3.05) is 5.32 Å². The molecule has 0 saturated carbocycles. The maximum Gasteiger partial charge on any atom is 0.335 e. The first-order valence-electron chi connectivity index (χ1n) is 5.18. The van der Waals surface area contributed by atoms with Crippen LogP contribution in [0.2, 0.25) is 0 Å². The number of aryl methyl sites for hydroxylation is 1. The normalized spacial score (nSPS) is 9.94. The molecule has 0 aliphatic rings. The molecule has 0 unspecified atom stereocenters. The van der Waals surface area contributed by atoms with Gasteiger partial charge in [-0.2, -0.15) is 0 Å². The SMILES string of the molecule is Cc1cc(Nc2cccnc2)ccc1C(=O)O. The quantitative estimate of drug-likeness (QED) is 0.847. The molecule has 0 amide bonds. The van der Waals surface area contributed by atoms with Gasteiger partial charge in [0, 0.05) is 11.9 Å². The van der Waals surface area contributed by atoms with Gasteiger partial charge in [-0.25, -0.2) is 4.79 Å². The lowest BCUT2D eigenvalue weighted by molar-refractivity contribution is 0.0696. The van der Waals surface area contributed by atoms with Gasteiger partial charge < -0.3 is 10.4 Å². The first kappa shape index (κ1) is 11.1. The first-order chi connectivity index (χ1) is 8.16. The summed E-state index contributed by atoms with van der Waals surface area (Å²) in [6.45, 7) is 1.78. The number of carboxylic acids is 1. The number of benzene rings is 1. The maximum absolute atomic E-state index is 10.9. The third kappa shape index (κ3) is 2.60. The van der Waals surface area contributed by atoms with Gasteiger partial charge in [0.1, 0.15) is 0 Å². The van der Waals surface area contributed by atoms with Crippen molar-refractivity contribution in [3.05, 3.63) is 53.9 Å². The van der Waals surface area contributed by atoms with Gasteiger partial charge in [0.25, 0.3) is 0 Å². The summed E-state index contributed by atoms with van der Waals surface area (Å²) in [5.74, 6) is -0.907. The number of rotatable bonds is 3. The highest BCUT2D eigenvalue weighted by Crippen LogP contribution is 2.19. The minimum absolute atomic E-state index is 0.321. The zero-order chi connectivity index (χ0) is 12.3. The summed E-state index contributed by atoms with van der Waals surface area (Å²) in [6, 6.07) is 8.87. The lowest BCUT2D eigenvalue weighted by Crippen LogP contribution is -2.00. The van der Waals surface area contributed by atoms with Crippen molar-refractivity contribution in [3.63, 3.8) is 0 Å². The molecule has 0 radical (unpaired) electrons. The highest BCUT2D eigenvalue weighted by molar-refractivity contribution is 5.90. The number of hydrogen-bond acceptors (Lipinski definition) is 3. The fraction of sp³-hybridized carbons (Fsp3) is 0.0769. The largest absolute Gasteiger partial charge is 0.478 e. The predicted octanol–water partition coefficient (Wildman–Crippen LogP) is 2.83. The molecule has 2 N–H and O–H groups in total. The fourth-order valence-electron chi connectivity index (χ4n) is 1.58. The van der Waals surface area contributed by atoms with Crippen LogP contribution >= 0.6 is 0 Å². The van der Waals surface area contributed by atoms with Gasteiger partial charge in [-0.05, 0) is 42.8 Å². The van der Waals surface area contributed by atoms with E-state index in [0.29, 0.717) is 5.56 Å². The summed E-state index contributed by atoms with van der Waals surface area (Å²) in [5.41, 5.74) is 2.77. The summed E-state index contributed by atoms with van der Waals surface area (Å²) >= 11 is 0. The van der Waals surface area contributed by atoms with E-state index >= 15 is 0 Å². The van der Waals surface area contributed by atoms with E-state index in [9.17, 15) is 4.79 Å². The average Bonchev–Trinajstić information content (AvgIpc) is 2.30. The highest BCUT2D eigenvalue weighted by Gasteiger charge is 2.06. The van der Waals surface area contributed by atoms with Crippen LogP contribution in [0, 0.1) is 6.92 Å². The molecule has 1 heterocycles. The van der Waals surface area contributed by atoms with Crippen LogP contribution in [-0.4, -0.2) is 16.1 Å². The van der Waals surface area contributed by atoms with Crippen LogP contribution in [0.4, 0.5) is 11.4 Å². The second-order valence-corrected chi connectivity index (χ2v) is 3.70.